The van der Waals surface area contributed by atoms with Gasteiger partial charge in [-0.25, -0.2) is 0 Å². The van der Waals surface area contributed by atoms with Gasteiger partial charge in [0, 0.05) is 5.56 Å². The molecule has 1 aromatic carbocycles. The highest BCUT2D eigenvalue weighted by Gasteiger charge is 2.08. The number of carbonyl (C=O) groups excluding carboxylic acids is 1. The van der Waals surface area contributed by atoms with Crippen LogP contribution in [0.3, 0.4) is 0 Å². The molecule has 0 atom stereocenters. The summed E-state index contributed by atoms with van der Waals surface area (Å²) in [5, 5.41) is 0.458. The maximum absolute atomic E-state index is 11.5. The van der Waals surface area contributed by atoms with E-state index >= 15 is 0 Å². The Labute approximate surface area is 88.1 Å². The molecule has 0 amide bonds. The van der Waals surface area contributed by atoms with Crippen molar-refractivity contribution in [3.8, 4) is 0 Å². The molecule has 0 saturated heterocycles. The maximum Gasteiger partial charge on any atom is 0.189 e. The Morgan fingerprint density at radius 3 is 2.86 bits per heavy atom. The molecule has 14 heavy (non-hydrogen) atoms. The average molecular weight is 211 g/mol. The third kappa shape index (κ3) is 2.98. The fourth-order valence-corrected chi connectivity index (χ4v) is 1.24. The smallest absolute Gasteiger partial charge is 0.189 e. The maximum atomic E-state index is 11.5. The van der Waals surface area contributed by atoms with Gasteiger partial charge in [-0.3, -0.25) is 4.79 Å². The van der Waals surface area contributed by atoms with E-state index < -0.39 is 0 Å². The van der Waals surface area contributed by atoms with E-state index in [0.717, 1.165) is 0 Å². The number of ether oxygens (including phenoxy) is 1. The van der Waals surface area contributed by atoms with Crippen LogP contribution in [0.5, 0.6) is 0 Å². The number of Topliss-reactive ketones (excluding diaryl/α,β-unsaturated/α-hetero) is 1. The number of carbonyl (C=O) groups is 1. The standard InChI is InChI=1S/C11H11ClO2/c1-2-7-14-8-11(13)9-5-3-4-6-10(9)12/h2-6H,1,7-8H2. The lowest BCUT2D eigenvalue weighted by Gasteiger charge is -2.02. The van der Waals surface area contributed by atoms with E-state index in [-0.39, 0.29) is 12.4 Å². The topological polar surface area (TPSA) is 26.3 Å². The molecule has 0 radical (unpaired) electrons. The van der Waals surface area contributed by atoms with E-state index in [1.54, 1.807) is 30.3 Å². The fourth-order valence-electron chi connectivity index (χ4n) is 1.00. The van der Waals surface area contributed by atoms with Gasteiger partial charge in [-0.1, -0.05) is 29.8 Å². The summed E-state index contributed by atoms with van der Waals surface area (Å²) < 4.78 is 5.03. The summed E-state index contributed by atoms with van der Waals surface area (Å²) in [5.74, 6) is -0.113. The van der Waals surface area contributed by atoms with Gasteiger partial charge < -0.3 is 4.74 Å². The quantitative estimate of drug-likeness (QED) is 0.424. The monoisotopic (exact) mass is 210 g/mol. The van der Waals surface area contributed by atoms with Crippen LogP contribution in [0, 0.1) is 0 Å². The molecular weight excluding hydrogens is 200 g/mol. The Bertz CT molecular complexity index is 334. The van der Waals surface area contributed by atoms with Crippen molar-refractivity contribution in [3.63, 3.8) is 0 Å². The van der Waals surface area contributed by atoms with E-state index in [0.29, 0.717) is 17.2 Å². The van der Waals surface area contributed by atoms with Crippen LogP contribution >= 0.6 is 11.6 Å². The zero-order chi connectivity index (χ0) is 10.4. The van der Waals surface area contributed by atoms with Crippen LogP contribution in [0.15, 0.2) is 36.9 Å². The van der Waals surface area contributed by atoms with Crippen LogP contribution in [0.1, 0.15) is 10.4 Å². The highest BCUT2D eigenvalue weighted by Crippen LogP contribution is 2.15. The summed E-state index contributed by atoms with van der Waals surface area (Å²) in [6.07, 6.45) is 1.60. The second-order valence-corrected chi connectivity index (χ2v) is 3.11. The second-order valence-electron chi connectivity index (χ2n) is 2.71. The second kappa shape index (κ2) is 5.58. The van der Waals surface area contributed by atoms with Crippen LogP contribution in [0.4, 0.5) is 0 Å². The number of hydrogen-bond acceptors (Lipinski definition) is 2. The van der Waals surface area contributed by atoms with Crippen molar-refractivity contribution in [2.75, 3.05) is 13.2 Å². The first kappa shape index (κ1) is 11.0. The summed E-state index contributed by atoms with van der Waals surface area (Å²) >= 11 is 5.84. The molecule has 0 aliphatic rings. The first-order valence-corrected chi connectivity index (χ1v) is 4.60. The van der Waals surface area contributed by atoms with Gasteiger partial charge in [-0.2, -0.15) is 0 Å². The normalized spacial score (nSPS) is 9.79. The first-order chi connectivity index (χ1) is 6.75. The van der Waals surface area contributed by atoms with E-state index in [1.165, 1.54) is 0 Å². The molecule has 0 fully saturated rings. The summed E-state index contributed by atoms with van der Waals surface area (Å²) in [5.41, 5.74) is 0.498. The minimum atomic E-state index is -0.113. The minimum Gasteiger partial charge on any atom is -0.369 e. The highest BCUT2D eigenvalue weighted by molar-refractivity contribution is 6.34. The zero-order valence-electron chi connectivity index (χ0n) is 7.70. The highest BCUT2D eigenvalue weighted by atomic mass is 35.5. The summed E-state index contributed by atoms with van der Waals surface area (Å²) in [4.78, 5) is 11.5. The van der Waals surface area contributed by atoms with Crippen molar-refractivity contribution >= 4 is 17.4 Å². The molecule has 0 spiro atoms. The molecule has 0 aromatic heterocycles. The molecule has 0 saturated carbocycles. The number of halogens is 1. The lowest BCUT2D eigenvalue weighted by molar-refractivity contribution is 0.0806. The van der Waals surface area contributed by atoms with E-state index in [1.807, 2.05) is 0 Å². The minimum absolute atomic E-state index is 0.0375. The largest absolute Gasteiger partial charge is 0.369 e. The van der Waals surface area contributed by atoms with E-state index in [4.69, 9.17) is 16.3 Å². The lowest BCUT2D eigenvalue weighted by atomic mass is 10.1. The number of ketones is 1. The molecule has 0 aliphatic carbocycles. The number of benzene rings is 1. The Morgan fingerprint density at radius 2 is 2.21 bits per heavy atom. The molecule has 0 unspecified atom stereocenters. The van der Waals surface area contributed by atoms with Crippen LogP contribution in [-0.4, -0.2) is 19.0 Å². The van der Waals surface area contributed by atoms with Crippen LogP contribution in [0.25, 0.3) is 0 Å². The SMILES string of the molecule is C=CCOCC(=O)c1ccccc1Cl. The third-order valence-electron chi connectivity index (χ3n) is 1.64. The molecule has 0 heterocycles. The predicted octanol–water partition coefficient (Wildman–Crippen LogP) is 2.73. The molecule has 2 nitrogen and oxygen atoms in total. The van der Waals surface area contributed by atoms with Gasteiger partial charge in [0.25, 0.3) is 0 Å². The van der Waals surface area contributed by atoms with Gasteiger partial charge in [-0.05, 0) is 12.1 Å². The lowest BCUT2D eigenvalue weighted by Crippen LogP contribution is -2.09. The molecule has 1 rings (SSSR count). The number of hydrogen-bond donors (Lipinski definition) is 0. The van der Waals surface area contributed by atoms with Gasteiger partial charge >= 0.3 is 0 Å². The molecule has 0 aliphatic heterocycles. The summed E-state index contributed by atoms with van der Waals surface area (Å²) in [6.45, 7) is 3.89. The predicted molar refractivity (Wildman–Crippen MR) is 56.8 cm³/mol. The van der Waals surface area contributed by atoms with Crippen LogP contribution in [0.2, 0.25) is 5.02 Å². The molecule has 0 bridgehead atoms. The van der Waals surface area contributed by atoms with Crippen molar-refractivity contribution < 1.29 is 9.53 Å². The molecule has 0 N–H and O–H groups in total. The van der Waals surface area contributed by atoms with Gasteiger partial charge in [0.15, 0.2) is 5.78 Å². The third-order valence-corrected chi connectivity index (χ3v) is 1.97. The molecule has 3 heteroatoms. The van der Waals surface area contributed by atoms with Crippen LogP contribution < -0.4 is 0 Å². The molecular formula is C11H11ClO2. The fraction of sp³-hybridized carbons (Fsp3) is 0.182. The van der Waals surface area contributed by atoms with Crippen molar-refractivity contribution in [2.24, 2.45) is 0 Å². The van der Waals surface area contributed by atoms with Gasteiger partial charge in [0.2, 0.25) is 0 Å². The van der Waals surface area contributed by atoms with E-state index in [9.17, 15) is 4.79 Å². The Balaban J connectivity index is 2.60. The van der Waals surface area contributed by atoms with Crippen LogP contribution in [-0.2, 0) is 4.74 Å². The first-order valence-electron chi connectivity index (χ1n) is 4.22. The Morgan fingerprint density at radius 1 is 1.50 bits per heavy atom. The Kier molecular flexibility index (Phi) is 4.36. The van der Waals surface area contributed by atoms with Gasteiger partial charge in [0.05, 0.1) is 11.6 Å². The van der Waals surface area contributed by atoms with Crippen molar-refractivity contribution in [2.45, 2.75) is 0 Å². The zero-order valence-corrected chi connectivity index (χ0v) is 8.46. The summed E-state index contributed by atoms with van der Waals surface area (Å²) in [6, 6.07) is 6.92. The van der Waals surface area contributed by atoms with Crippen molar-refractivity contribution in [1.82, 2.24) is 0 Å². The molecule has 74 valence electrons. The average Bonchev–Trinajstić information content (AvgIpc) is 2.18. The number of rotatable bonds is 5. The van der Waals surface area contributed by atoms with E-state index in [2.05, 4.69) is 6.58 Å². The Hall–Kier alpha value is -1.12. The summed E-state index contributed by atoms with van der Waals surface area (Å²) in [7, 11) is 0. The van der Waals surface area contributed by atoms with Gasteiger partial charge in [-0.15, -0.1) is 6.58 Å². The molecule has 1 aromatic rings. The van der Waals surface area contributed by atoms with Crippen molar-refractivity contribution in [3.05, 3.63) is 47.5 Å². The van der Waals surface area contributed by atoms with Crippen molar-refractivity contribution in [1.29, 1.82) is 0 Å². The van der Waals surface area contributed by atoms with Gasteiger partial charge in [0.1, 0.15) is 6.61 Å².